The van der Waals surface area contributed by atoms with Gasteiger partial charge in [0.25, 0.3) is 0 Å². The van der Waals surface area contributed by atoms with Crippen LogP contribution in [0.2, 0.25) is 5.02 Å². The zero-order chi connectivity index (χ0) is 37.1. The molecular formula is C39H42BrClN6O5. The molecule has 1 saturated heterocycles. The lowest BCUT2D eigenvalue weighted by atomic mass is 9.97. The van der Waals surface area contributed by atoms with Crippen LogP contribution in [0.1, 0.15) is 54.0 Å². The Balaban J connectivity index is 1.35. The fourth-order valence-corrected chi connectivity index (χ4v) is 6.77. The lowest BCUT2D eigenvalue weighted by Gasteiger charge is -2.25. The molecule has 13 heteroatoms. The van der Waals surface area contributed by atoms with E-state index in [0.29, 0.717) is 28.2 Å². The lowest BCUT2D eigenvalue weighted by molar-refractivity contribution is -0.145. The first-order valence-electron chi connectivity index (χ1n) is 17.0. The van der Waals surface area contributed by atoms with Gasteiger partial charge in [-0.3, -0.25) is 15.1 Å². The number of ether oxygens (including phenoxy) is 2. The summed E-state index contributed by atoms with van der Waals surface area (Å²) in [7, 11) is 0. The van der Waals surface area contributed by atoms with E-state index in [-0.39, 0.29) is 24.8 Å². The van der Waals surface area contributed by atoms with E-state index in [4.69, 9.17) is 26.5 Å². The fraction of sp³-hybridized carbons (Fsp3) is 0.333. The number of benzene rings is 3. The van der Waals surface area contributed by atoms with E-state index in [1.165, 1.54) is 45.3 Å². The highest BCUT2D eigenvalue weighted by atomic mass is 79.9. The first kappa shape index (κ1) is 38.7. The number of hydrogen-bond donors (Lipinski definition) is 5. The molecule has 0 spiro atoms. The fourth-order valence-electron chi connectivity index (χ4n) is 5.93. The average molecular weight is 790 g/mol. The van der Waals surface area contributed by atoms with Crippen LogP contribution in [-0.4, -0.2) is 70.6 Å². The van der Waals surface area contributed by atoms with Gasteiger partial charge in [-0.2, -0.15) is 5.26 Å². The standard InChI is InChI=1S/C39H42BrClN6O5/c1-39(25-48,38(49)50)46-22-29-16-33(41)36(17-35(29)51-23-27-15-26(18-42)20-44-21-27)52-24-28-7-4-9-31(37(28)40)30-8-5-10-34(32(30)19-43)45-11-6-14-47-12-2-3-13-47/h4-5,7-10,15-17,19-21,43,45-46,48H,2-3,6,11-14,22-25H2,1H3,(H,49,50)/t39-/m0/s1. The van der Waals surface area contributed by atoms with Gasteiger partial charge in [-0.1, -0.05) is 41.9 Å². The van der Waals surface area contributed by atoms with Gasteiger partial charge in [0, 0.05) is 70.2 Å². The summed E-state index contributed by atoms with van der Waals surface area (Å²) in [6.07, 6.45) is 8.02. The zero-order valence-corrected chi connectivity index (χ0v) is 31.3. The zero-order valence-electron chi connectivity index (χ0n) is 28.9. The number of carboxylic acids is 1. The molecule has 0 aliphatic carbocycles. The highest BCUT2D eigenvalue weighted by Crippen LogP contribution is 2.38. The summed E-state index contributed by atoms with van der Waals surface area (Å²) >= 11 is 10.5. The Morgan fingerprint density at radius 2 is 1.85 bits per heavy atom. The number of aliphatic hydroxyl groups is 1. The van der Waals surface area contributed by atoms with Crippen LogP contribution >= 0.6 is 27.5 Å². The van der Waals surface area contributed by atoms with Crippen molar-refractivity contribution in [3.05, 3.63) is 104 Å². The maximum Gasteiger partial charge on any atom is 0.326 e. The molecule has 0 radical (unpaired) electrons. The van der Waals surface area contributed by atoms with Gasteiger partial charge >= 0.3 is 5.97 Å². The number of anilines is 1. The summed E-state index contributed by atoms with van der Waals surface area (Å²) in [5.74, 6) is -0.502. The third-order valence-electron chi connectivity index (χ3n) is 9.06. The van der Waals surface area contributed by atoms with Crippen LogP contribution in [0, 0.1) is 16.7 Å². The Kier molecular flexibility index (Phi) is 13.6. The number of carbonyl (C=O) groups is 1. The maximum absolute atomic E-state index is 11.8. The number of halogens is 2. The van der Waals surface area contributed by atoms with Crippen molar-refractivity contribution < 1.29 is 24.5 Å². The van der Waals surface area contributed by atoms with Crippen LogP contribution in [-0.2, 0) is 24.6 Å². The predicted octanol–water partition coefficient (Wildman–Crippen LogP) is 7.01. The summed E-state index contributed by atoms with van der Waals surface area (Å²) in [5, 5.41) is 43.6. The molecule has 1 atom stereocenters. The van der Waals surface area contributed by atoms with Crippen molar-refractivity contribution in [2.24, 2.45) is 0 Å². The molecule has 0 amide bonds. The lowest BCUT2D eigenvalue weighted by Crippen LogP contribution is -2.52. The number of nitrogens with one attached hydrogen (secondary N) is 3. The summed E-state index contributed by atoms with van der Waals surface area (Å²) < 4.78 is 13.2. The minimum atomic E-state index is -1.60. The monoisotopic (exact) mass is 788 g/mol. The summed E-state index contributed by atoms with van der Waals surface area (Å²) in [6, 6.07) is 18.9. The Labute approximate surface area is 317 Å². The second kappa shape index (κ2) is 18.3. The average Bonchev–Trinajstić information content (AvgIpc) is 3.68. The minimum absolute atomic E-state index is 0.0183. The molecule has 1 aliphatic rings. The molecule has 5 rings (SSSR count). The number of aromatic nitrogens is 1. The number of carboxylic acid groups (broad SMARTS) is 1. The highest BCUT2D eigenvalue weighted by Gasteiger charge is 2.32. The van der Waals surface area contributed by atoms with Gasteiger partial charge in [0.1, 0.15) is 36.3 Å². The van der Waals surface area contributed by atoms with Crippen molar-refractivity contribution >= 4 is 45.4 Å². The third-order valence-corrected chi connectivity index (χ3v) is 10.3. The van der Waals surface area contributed by atoms with Gasteiger partial charge in [0.2, 0.25) is 0 Å². The smallest absolute Gasteiger partial charge is 0.326 e. The molecule has 4 aromatic rings. The summed E-state index contributed by atoms with van der Waals surface area (Å²) in [5.41, 5.74) is 4.37. The van der Waals surface area contributed by atoms with Crippen molar-refractivity contribution in [2.75, 3.05) is 38.1 Å². The molecule has 52 heavy (non-hydrogen) atoms. The topological polar surface area (TPSA) is 164 Å². The van der Waals surface area contributed by atoms with Crippen molar-refractivity contribution in [1.82, 2.24) is 15.2 Å². The summed E-state index contributed by atoms with van der Waals surface area (Å²) in [6.45, 7) is 5.23. The number of nitrogens with zero attached hydrogens (tertiary/aromatic N) is 3. The third kappa shape index (κ3) is 9.67. The van der Waals surface area contributed by atoms with Crippen LogP contribution < -0.4 is 20.1 Å². The van der Waals surface area contributed by atoms with Crippen LogP contribution in [0.15, 0.2) is 71.5 Å². The van der Waals surface area contributed by atoms with Gasteiger partial charge in [-0.25, -0.2) is 0 Å². The minimum Gasteiger partial charge on any atom is -0.488 e. The normalized spacial score (nSPS) is 14.0. The van der Waals surface area contributed by atoms with E-state index in [1.807, 2.05) is 36.4 Å². The van der Waals surface area contributed by atoms with Crippen LogP contribution in [0.5, 0.6) is 11.5 Å². The Morgan fingerprint density at radius 3 is 2.58 bits per heavy atom. The number of aliphatic hydroxyl groups excluding tert-OH is 1. The van der Waals surface area contributed by atoms with E-state index in [0.717, 1.165) is 51.9 Å². The molecule has 0 bridgehead atoms. The number of hydrogen-bond acceptors (Lipinski definition) is 10. The molecule has 2 heterocycles. The number of rotatable bonds is 18. The van der Waals surface area contributed by atoms with Crippen LogP contribution in [0.4, 0.5) is 5.69 Å². The van der Waals surface area contributed by atoms with Gasteiger partial charge in [-0.15, -0.1) is 0 Å². The first-order valence-corrected chi connectivity index (χ1v) is 18.2. The predicted molar refractivity (Wildman–Crippen MR) is 205 cm³/mol. The molecule has 1 aliphatic heterocycles. The quantitative estimate of drug-likeness (QED) is 0.0523. The van der Waals surface area contributed by atoms with Crippen LogP contribution in [0.3, 0.4) is 0 Å². The van der Waals surface area contributed by atoms with Crippen molar-refractivity contribution in [3.8, 4) is 28.7 Å². The van der Waals surface area contributed by atoms with E-state index in [1.54, 1.807) is 24.4 Å². The van der Waals surface area contributed by atoms with E-state index >= 15 is 0 Å². The van der Waals surface area contributed by atoms with E-state index in [9.17, 15) is 20.3 Å². The number of pyridine rings is 1. The van der Waals surface area contributed by atoms with Gasteiger partial charge in [0.15, 0.2) is 0 Å². The molecule has 1 aromatic heterocycles. The Bertz CT molecular complexity index is 1930. The molecule has 272 valence electrons. The molecule has 0 unspecified atom stereocenters. The Morgan fingerprint density at radius 1 is 1.10 bits per heavy atom. The van der Waals surface area contributed by atoms with Gasteiger partial charge in [0.05, 0.1) is 17.2 Å². The molecule has 1 fully saturated rings. The second-order valence-electron chi connectivity index (χ2n) is 12.8. The van der Waals surface area contributed by atoms with Crippen molar-refractivity contribution in [3.63, 3.8) is 0 Å². The van der Waals surface area contributed by atoms with Gasteiger partial charge in [-0.05, 0) is 91.1 Å². The molecular weight excluding hydrogens is 748 g/mol. The Hall–Kier alpha value is -4.51. The molecule has 0 saturated carbocycles. The highest BCUT2D eigenvalue weighted by molar-refractivity contribution is 9.10. The SMILES string of the molecule is C[C@@](CO)(NCc1cc(Cl)c(OCc2cccc(-c3cccc(NCCCN4CCCC4)c3C=N)c2Br)cc1OCc1cncc(C#N)c1)C(=O)O. The van der Waals surface area contributed by atoms with Crippen molar-refractivity contribution in [2.45, 2.75) is 51.5 Å². The number of aliphatic carboxylic acids is 1. The van der Waals surface area contributed by atoms with Crippen molar-refractivity contribution in [1.29, 1.82) is 10.7 Å². The van der Waals surface area contributed by atoms with E-state index in [2.05, 4.69) is 42.5 Å². The summed E-state index contributed by atoms with van der Waals surface area (Å²) in [4.78, 5) is 18.4. The number of likely N-dealkylation sites (tertiary alicyclic amines) is 1. The van der Waals surface area contributed by atoms with Gasteiger partial charge < -0.3 is 35.3 Å². The molecule has 11 nitrogen and oxygen atoms in total. The van der Waals surface area contributed by atoms with E-state index < -0.39 is 18.1 Å². The largest absolute Gasteiger partial charge is 0.488 e. The first-order chi connectivity index (χ1) is 25.1. The molecule has 3 aromatic carbocycles. The van der Waals surface area contributed by atoms with Crippen LogP contribution in [0.25, 0.3) is 11.1 Å². The number of nitriles is 1. The second-order valence-corrected chi connectivity index (χ2v) is 14.0. The molecule has 5 N–H and O–H groups in total. The maximum atomic E-state index is 11.8.